The Bertz CT molecular complexity index is 891. The van der Waals surface area contributed by atoms with Crippen molar-refractivity contribution >= 4 is 22.4 Å². The van der Waals surface area contributed by atoms with E-state index in [9.17, 15) is 9.90 Å². The molecule has 24 heavy (non-hydrogen) atoms. The fourth-order valence-corrected chi connectivity index (χ4v) is 2.11. The molecule has 3 aromatic rings. The quantitative estimate of drug-likeness (QED) is 0.316. The van der Waals surface area contributed by atoms with E-state index in [0.717, 1.165) is 5.39 Å². The van der Waals surface area contributed by atoms with Crippen molar-refractivity contribution in [3.05, 3.63) is 72.3 Å². The maximum atomic E-state index is 12.4. The summed E-state index contributed by atoms with van der Waals surface area (Å²) in [6.07, 6.45) is 0.614. The van der Waals surface area contributed by atoms with Crippen molar-refractivity contribution in [1.82, 2.24) is 0 Å². The minimum absolute atomic E-state index is 0.0881. The minimum atomic E-state index is -0.550. The van der Waals surface area contributed by atoms with Crippen LogP contribution in [0.2, 0.25) is 0 Å². The van der Waals surface area contributed by atoms with E-state index in [4.69, 9.17) is 9.15 Å². The predicted molar refractivity (Wildman–Crippen MR) is 88.8 cm³/mol. The zero-order valence-electron chi connectivity index (χ0n) is 12.8. The standard InChI is InChI=1S/C18H14N2O4/c1-23-14-8-6-13(7-9-14)19-20-15(11-21)18(22)17-10-12-4-2-3-5-16(12)24-17/h2-11,21H,1H3/b15-11-,20-19?. The largest absolute Gasteiger partial charge is 0.513 e. The number of benzene rings is 2. The molecule has 1 N–H and O–H groups in total. The number of methoxy groups -OCH3 is 1. The van der Waals surface area contributed by atoms with Crippen LogP contribution in [0.4, 0.5) is 5.69 Å². The molecule has 0 radical (unpaired) electrons. The highest BCUT2D eigenvalue weighted by atomic mass is 16.5. The fraction of sp³-hybridized carbons (Fsp3) is 0.0556. The number of nitrogens with zero attached hydrogens (tertiary/aromatic N) is 2. The molecular weight excluding hydrogens is 308 g/mol. The van der Waals surface area contributed by atoms with E-state index in [0.29, 0.717) is 23.3 Å². The first-order chi connectivity index (χ1) is 11.7. The zero-order valence-corrected chi connectivity index (χ0v) is 12.8. The molecule has 1 heterocycles. The van der Waals surface area contributed by atoms with Crippen LogP contribution in [-0.2, 0) is 0 Å². The number of azo groups is 1. The minimum Gasteiger partial charge on any atom is -0.513 e. The van der Waals surface area contributed by atoms with E-state index < -0.39 is 5.78 Å². The lowest BCUT2D eigenvalue weighted by atomic mass is 10.2. The Morgan fingerprint density at radius 2 is 1.92 bits per heavy atom. The normalized spacial score (nSPS) is 12.0. The maximum absolute atomic E-state index is 12.4. The van der Waals surface area contributed by atoms with Crippen molar-refractivity contribution < 1.29 is 19.1 Å². The number of rotatable bonds is 5. The zero-order chi connectivity index (χ0) is 16.9. The third-order valence-electron chi connectivity index (χ3n) is 3.35. The molecule has 0 bridgehead atoms. The van der Waals surface area contributed by atoms with Crippen LogP contribution in [0, 0.1) is 0 Å². The second kappa shape index (κ2) is 6.78. The summed E-state index contributed by atoms with van der Waals surface area (Å²) in [6, 6.07) is 15.7. The van der Waals surface area contributed by atoms with E-state index in [-0.39, 0.29) is 11.5 Å². The van der Waals surface area contributed by atoms with Crippen LogP contribution < -0.4 is 4.74 Å². The van der Waals surface area contributed by atoms with Crippen LogP contribution >= 0.6 is 0 Å². The maximum Gasteiger partial charge on any atom is 0.251 e. The summed E-state index contributed by atoms with van der Waals surface area (Å²) >= 11 is 0. The van der Waals surface area contributed by atoms with Crippen LogP contribution in [0.25, 0.3) is 11.0 Å². The topological polar surface area (TPSA) is 84.4 Å². The first kappa shape index (κ1) is 15.5. The molecule has 0 aliphatic heterocycles. The predicted octanol–water partition coefficient (Wildman–Crippen LogP) is 4.81. The summed E-state index contributed by atoms with van der Waals surface area (Å²) in [4.78, 5) is 12.4. The number of fused-ring (bicyclic) bond motifs is 1. The van der Waals surface area contributed by atoms with Crippen molar-refractivity contribution in [2.75, 3.05) is 7.11 Å². The second-order valence-electron chi connectivity index (χ2n) is 4.89. The van der Waals surface area contributed by atoms with Crippen molar-refractivity contribution in [2.24, 2.45) is 10.2 Å². The Morgan fingerprint density at radius 3 is 2.58 bits per heavy atom. The average molecular weight is 322 g/mol. The SMILES string of the molecule is COc1ccc(N=N/C(=C\O)C(=O)c2cc3ccccc3o2)cc1. The number of Topliss-reactive ketones (excluding diaryl/α,β-unsaturated/α-hetero) is 1. The van der Waals surface area contributed by atoms with Crippen LogP contribution in [-0.4, -0.2) is 18.0 Å². The molecule has 0 aliphatic carbocycles. The number of hydrogen-bond donors (Lipinski definition) is 1. The van der Waals surface area contributed by atoms with E-state index >= 15 is 0 Å². The van der Waals surface area contributed by atoms with Crippen LogP contribution in [0.3, 0.4) is 0 Å². The molecule has 3 rings (SSSR count). The van der Waals surface area contributed by atoms with Crippen LogP contribution in [0.5, 0.6) is 5.75 Å². The van der Waals surface area contributed by atoms with Crippen molar-refractivity contribution in [1.29, 1.82) is 0 Å². The number of para-hydroxylation sites is 1. The van der Waals surface area contributed by atoms with Gasteiger partial charge in [-0.15, -0.1) is 5.11 Å². The lowest BCUT2D eigenvalue weighted by Gasteiger charge is -1.99. The van der Waals surface area contributed by atoms with E-state index in [1.165, 1.54) is 0 Å². The molecule has 0 atom stereocenters. The number of aliphatic hydroxyl groups is 1. The molecular formula is C18H14N2O4. The third-order valence-corrected chi connectivity index (χ3v) is 3.35. The van der Waals surface area contributed by atoms with Gasteiger partial charge < -0.3 is 14.3 Å². The average Bonchev–Trinajstić information content (AvgIpc) is 3.06. The molecule has 6 heteroatoms. The smallest absolute Gasteiger partial charge is 0.251 e. The number of furan rings is 1. The highest BCUT2D eigenvalue weighted by Crippen LogP contribution is 2.23. The van der Waals surface area contributed by atoms with Crippen LogP contribution in [0.15, 0.2) is 81.2 Å². The van der Waals surface area contributed by atoms with Crippen molar-refractivity contribution in [3.8, 4) is 5.75 Å². The monoisotopic (exact) mass is 322 g/mol. The van der Waals surface area contributed by atoms with Gasteiger partial charge in [0.2, 0.25) is 0 Å². The van der Waals surface area contributed by atoms with Gasteiger partial charge in [0.25, 0.3) is 5.78 Å². The van der Waals surface area contributed by atoms with Gasteiger partial charge in [-0.2, -0.15) is 5.11 Å². The summed E-state index contributed by atoms with van der Waals surface area (Å²) in [5, 5.41) is 17.8. The Kier molecular flexibility index (Phi) is 4.38. The van der Waals surface area contributed by atoms with Gasteiger partial charge in [0.05, 0.1) is 12.8 Å². The number of carbonyl (C=O) groups is 1. The Morgan fingerprint density at radius 1 is 1.17 bits per heavy atom. The molecule has 1 aromatic heterocycles. The molecule has 0 spiro atoms. The number of ether oxygens (including phenoxy) is 1. The van der Waals surface area contributed by atoms with Gasteiger partial charge in [0.1, 0.15) is 17.6 Å². The molecule has 0 saturated heterocycles. The molecule has 0 fully saturated rings. The molecule has 0 aliphatic rings. The summed E-state index contributed by atoms with van der Waals surface area (Å²) in [5.74, 6) is 0.223. The fourth-order valence-electron chi connectivity index (χ4n) is 2.11. The first-order valence-electron chi connectivity index (χ1n) is 7.14. The van der Waals surface area contributed by atoms with Gasteiger partial charge in [-0.1, -0.05) is 18.2 Å². The summed E-state index contributed by atoms with van der Waals surface area (Å²) in [6.45, 7) is 0. The lowest BCUT2D eigenvalue weighted by molar-refractivity contribution is 0.100. The van der Waals surface area contributed by atoms with E-state index in [1.807, 2.05) is 18.2 Å². The Hall–Kier alpha value is -3.41. The number of aliphatic hydroxyl groups excluding tert-OH is 1. The second-order valence-corrected chi connectivity index (χ2v) is 4.89. The van der Waals surface area contributed by atoms with E-state index in [2.05, 4.69) is 10.2 Å². The van der Waals surface area contributed by atoms with Crippen molar-refractivity contribution in [3.63, 3.8) is 0 Å². The first-order valence-corrected chi connectivity index (χ1v) is 7.14. The van der Waals surface area contributed by atoms with Crippen molar-refractivity contribution in [2.45, 2.75) is 0 Å². The molecule has 6 nitrogen and oxygen atoms in total. The van der Waals surface area contributed by atoms with Gasteiger partial charge in [-0.25, -0.2) is 0 Å². The molecule has 120 valence electrons. The highest BCUT2D eigenvalue weighted by molar-refractivity contribution is 6.08. The van der Waals surface area contributed by atoms with Gasteiger partial charge in [0, 0.05) is 5.39 Å². The Balaban J connectivity index is 1.82. The van der Waals surface area contributed by atoms with Crippen LogP contribution in [0.1, 0.15) is 10.6 Å². The summed E-state index contributed by atoms with van der Waals surface area (Å²) in [7, 11) is 1.56. The molecule has 0 unspecified atom stereocenters. The highest BCUT2D eigenvalue weighted by Gasteiger charge is 2.17. The van der Waals surface area contributed by atoms with Gasteiger partial charge >= 0.3 is 0 Å². The Labute approximate surface area is 137 Å². The molecule has 0 amide bonds. The number of carbonyl (C=O) groups excluding carboxylic acids is 1. The molecule has 0 saturated carbocycles. The van der Waals surface area contributed by atoms with Gasteiger partial charge in [-0.05, 0) is 36.4 Å². The molecule has 2 aromatic carbocycles. The van der Waals surface area contributed by atoms with Gasteiger partial charge in [0.15, 0.2) is 11.5 Å². The summed E-state index contributed by atoms with van der Waals surface area (Å²) in [5.41, 5.74) is 0.891. The number of hydrogen-bond acceptors (Lipinski definition) is 6. The lowest BCUT2D eigenvalue weighted by Crippen LogP contribution is -1.99. The van der Waals surface area contributed by atoms with E-state index in [1.54, 1.807) is 43.5 Å². The number of ketones is 1. The van der Waals surface area contributed by atoms with Gasteiger partial charge in [-0.3, -0.25) is 4.79 Å². The third kappa shape index (κ3) is 3.17. The number of allylic oxidation sites excluding steroid dienone is 1. The summed E-state index contributed by atoms with van der Waals surface area (Å²) < 4.78 is 10.5.